The first-order valence-electron chi connectivity index (χ1n) is 6.24. The predicted octanol–water partition coefficient (Wildman–Crippen LogP) is 0.224. The first kappa shape index (κ1) is 14.5. The van der Waals surface area contributed by atoms with Crippen LogP contribution in [0.3, 0.4) is 0 Å². The molecule has 2 atom stereocenters. The van der Waals surface area contributed by atoms with E-state index in [0.717, 1.165) is 6.42 Å². The van der Waals surface area contributed by atoms with Crippen molar-refractivity contribution in [3.05, 3.63) is 0 Å². The third-order valence-electron chi connectivity index (χ3n) is 3.19. The van der Waals surface area contributed by atoms with Gasteiger partial charge in [-0.1, -0.05) is 6.92 Å². The van der Waals surface area contributed by atoms with Gasteiger partial charge in [-0.25, -0.2) is 0 Å². The van der Waals surface area contributed by atoms with E-state index < -0.39 is 11.9 Å². The number of hydrogen-bond donors (Lipinski definition) is 2. The van der Waals surface area contributed by atoms with Crippen molar-refractivity contribution in [3.8, 4) is 0 Å². The van der Waals surface area contributed by atoms with Gasteiger partial charge in [0.2, 0.25) is 11.8 Å². The van der Waals surface area contributed by atoms with Crippen molar-refractivity contribution in [2.24, 2.45) is 5.92 Å². The third kappa shape index (κ3) is 4.01. The van der Waals surface area contributed by atoms with E-state index in [1.165, 1.54) is 4.90 Å². The number of aliphatic carboxylic acids is 1. The van der Waals surface area contributed by atoms with Crippen LogP contribution in [0.2, 0.25) is 0 Å². The lowest BCUT2D eigenvalue weighted by Gasteiger charge is -2.17. The molecule has 0 aromatic rings. The Labute approximate surface area is 106 Å². The first-order chi connectivity index (χ1) is 8.43. The van der Waals surface area contributed by atoms with E-state index in [1.807, 2.05) is 13.8 Å². The summed E-state index contributed by atoms with van der Waals surface area (Å²) in [5, 5.41) is 11.6. The Kier molecular flexibility index (Phi) is 5.12. The molecule has 1 heterocycles. The second-order valence-corrected chi connectivity index (χ2v) is 4.71. The second kappa shape index (κ2) is 6.37. The molecule has 1 saturated heterocycles. The number of carbonyl (C=O) groups is 3. The summed E-state index contributed by atoms with van der Waals surface area (Å²) in [5.74, 6) is -1.86. The molecule has 6 heteroatoms. The average Bonchev–Trinajstić information content (AvgIpc) is 2.68. The molecule has 1 rings (SSSR count). The fraction of sp³-hybridized carbons (Fsp3) is 0.750. The van der Waals surface area contributed by atoms with E-state index in [2.05, 4.69) is 5.32 Å². The molecule has 1 fully saturated rings. The predicted molar refractivity (Wildman–Crippen MR) is 64.8 cm³/mol. The van der Waals surface area contributed by atoms with Gasteiger partial charge < -0.3 is 15.3 Å². The molecule has 18 heavy (non-hydrogen) atoms. The highest BCUT2D eigenvalue weighted by molar-refractivity contribution is 5.86. The molecule has 0 aromatic heterocycles. The Morgan fingerprint density at radius 2 is 2.22 bits per heavy atom. The van der Waals surface area contributed by atoms with Crippen LogP contribution in [-0.4, -0.2) is 46.9 Å². The molecule has 0 radical (unpaired) electrons. The van der Waals surface area contributed by atoms with Gasteiger partial charge in [-0.05, 0) is 13.3 Å². The fourth-order valence-electron chi connectivity index (χ4n) is 1.84. The smallest absolute Gasteiger partial charge is 0.308 e. The van der Waals surface area contributed by atoms with Gasteiger partial charge in [-0.3, -0.25) is 14.4 Å². The van der Waals surface area contributed by atoms with Crippen LogP contribution < -0.4 is 5.32 Å². The molecule has 0 bridgehead atoms. The third-order valence-corrected chi connectivity index (χ3v) is 3.19. The number of rotatable bonds is 6. The van der Waals surface area contributed by atoms with Crippen LogP contribution in [-0.2, 0) is 14.4 Å². The van der Waals surface area contributed by atoms with Crippen molar-refractivity contribution in [2.45, 2.75) is 39.2 Å². The highest BCUT2D eigenvalue weighted by Crippen LogP contribution is 2.17. The van der Waals surface area contributed by atoms with Crippen LogP contribution in [0.1, 0.15) is 33.1 Å². The van der Waals surface area contributed by atoms with Gasteiger partial charge in [0, 0.05) is 32.0 Å². The molecule has 0 spiro atoms. The lowest BCUT2D eigenvalue weighted by molar-refractivity contribution is -0.141. The number of hydrogen-bond acceptors (Lipinski definition) is 3. The molecular formula is C12H20N2O4. The van der Waals surface area contributed by atoms with E-state index >= 15 is 0 Å². The van der Waals surface area contributed by atoms with Crippen LogP contribution in [0, 0.1) is 5.92 Å². The molecule has 1 aliphatic heterocycles. The SMILES string of the molecule is CCC(C)NC(=O)CCN1CC(C(=O)O)CC1=O. The number of carboxylic acids is 1. The van der Waals surface area contributed by atoms with E-state index in [1.54, 1.807) is 0 Å². The molecule has 0 aliphatic carbocycles. The van der Waals surface area contributed by atoms with Gasteiger partial charge in [-0.2, -0.15) is 0 Å². The van der Waals surface area contributed by atoms with Crippen molar-refractivity contribution in [2.75, 3.05) is 13.1 Å². The van der Waals surface area contributed by atoms with E-state index in [0.29, 0.717) is 6.54 Å². The number of likely N-dealkylation sites (tertiary alicyclic amines) is 1. The minimum absolute atomic E-state index is 0.0440. The molecular weight excluding hydrogens is 236 g/mol. The summed E-state index contributed by atoms with van der Waals surface area (Å²) in [6, 6.07) is 0.124. The minimum Gasteiger partial charge on any atom is -0.481 e. The number of nitrogens with one attached hydrogen (secondary N) is 1. The van der Waals surface area contributed by atoms with Gasteiger partial charge in [0.05, 0.1) is 5.92 Å². The fourth-order valence-corrected chi connectivity index (χ4v) is 1.84. The van der Waals surface area contributed by atoms with E-state index in [4.69, 9.17) is 5.11 Å². The number of carboxylic acid groups (broad SMARTS) is 1. The summed E-state index contributed by atoms with van der Waals surface area (Å²) in [6.45, 7) is 4.40. The Morgan fingerprint density at radius 1 is 1.56 bits per heavy atom. The van der Waals surface area contributed by atoms with Gasteiger partial charge >= 0.3 is 5.97 Å². The maximum absolute atomic E-state index is 11.5. The highest BCUT2D eigenvalue weighted by atomic mass is 16.4. The second-order valence-electron chi connectivity index (χ2n) is 4.71. The number of amides is 2. The largest absolute Gasteiger partial charge is 0.481 e. The molecule has 102 valence electrons. The Bertz CT molecular complexity index is 343. The monoisotopic (exact) mass is 256 g/mol. The Balaban J connectivity index is 2.34. The standard InChI is InChI=1S/C12H20N2O4/c1-3-8(2)13-10(15)4-5-14-7-9(12(17)18)6-11(14)16/h8-9H,3-7H2,1-2H3,(H,13,15)(H,17,18). The van der Waals surface area contributed by atoms with Gasteiger partial charge in [-0.15, -0.1) is 0 Å². The molecule has 2 N–H and O–H groups in total. The normalized spacial score (nSPS) is 20.9. The summed E-state index contributed by atoms with van der Waals surface area (Å²) >= 11 is 0. The lowest BCUT2D eigenvalue weighted by Crippen LogP contribution is -2.36. The van der Waals surface area contributed by atoms with Crippen molar-refractivity contribution < 1.29 is 19.5 Å². The zero-order valence-corrected chi connectivity index (χ0v) is 10.8. The van der Waals surface area contributed by atoms with Crippen LogP contribution in [0.4, 0.5) is 0 Å². The van der Waals surface area contributed by atoms with Crippen LogP contribution in [0.5, 0.6) is 0 Å². The Hall–Kier alpha value is -1.59. The molecule has 6 nitrogen and oxygen atoms in total. The summed E-state index contributed by atoms with van der Waals surface area (Å²) < 4.78 is 0. The highest BCUT2D eigenvalue weighted by Gasteiger charge is 2.34. The van der Waals surface area contributed by atoms with Crippen molar-refractivity contribution >= 4 is 17.8 Å². The first-order valence-corrected chi connectivity index (χ1v) is 6.24. The van der Waals surface area contributed by atoms with Crippen LogP contribution in [0.15, 0.2) is 0 Å². The maximum Gasteiger partial charge on any atom is 0.308 e. The van der Waals surface area contributed by atoms with E-state index in [-0.39, 0.29) is 37.2 Å². The zero-order chi connectivity index (χ0) is 13.7. The quantitative estimate of drug-likeness (QED) is 0.712. The molecule has 0 aromatic carbocycles. The molecule has 1 aliphatic rings. The topological polar surface area (TPSA) is 86.7 Å². The minimum atomic E-state index is -0.949. The van der Waals surface area contributed by atoms with E-state index in [9.17, 15) is 14.4 Å². The maximum atomic E-state index is 11.5. The summed E-state index contributed by atoms with van der Waals surface area (Å²) in [7, 11) is 0. The molecule has 0 saturated carbocycles. The number of carbonyl (C=O) groups excluding carboxylic acids is 2. The van der Waals surface area contributed by atoms with Crippen molar-refractivity contribution in [1.29, 1.82) is 0 Å². The summed E-state index contributed by atoms with van der Waals surface area (Å²) in [6.07, 6.45) is 1.13. The average molecular weight is 256 g/mol. The summed E-state index contributed by atoms with van der Waals surface area (Å²) in [5.41, 5.74) is 0. The molecule has 2 amide bonds. The van der Waals surface area contributed by atoms with Crippen molar-refractivity contribution in [1.82, 2.24) is 10.2 Å². The zero-order valence-electron chi connectivity index (χ0n) is 10.8. The van der Waals surface area contributed by atoms with Crippen molar-refractivity contribution in [3.63, 3.8) is 0 Å². The summed E-state index contributed by atoms with van der Waals surface area (Å²) in [4.78, 5) is 35.2. The number of nitrogens with zero attached hydrogens (tertiary/aromatic N) is 1. The lowest BCUT2D eigenvalue weighted by atomic mass is 10.1. The van der Waals surface area contributed by atoms with Crippen LogP contribution in [0.25, 0.3) is 0 Å². The van der Waals surface area contributed by atoms with Gasteiger partial charge in [0.1, 0.15) is 0 Å². The van der Waals surface area contributed by atoms with Crippen LogP contribution >= 0.6 is 0 Å². The molecule has 2 unspecified atom stereocenters. The van der Waals surface area contributed by atoms with Gasteiger partial charge in [0.15, 0.2) is 0 Å². The Morgan fingerprint density at radius 3 is 2.72 bits per heavy atom. The van der Waals surface area contributed by atoms with Gasteiger partial charge in [0.25, 0.3) is 0 Å².